The van der Waals surface area contributed by atoms with Crippen LogP contribution in [-0.2, 0) is 37.5 Å². The summed E-state index contributed by atoms with van der Waals surface area (Å²) in [6, 6.07) is 59.3. The summed E-state index contributed by atoms with van der Waals surface area (Å²) in [6.45, 7) is 0. The molecule has 0 unspecified atom stereocenters. The number of esters is 1. The molecule has 0 radical (unpaired) electrons. The number of β-lactam (4-membered cyclic amide) rings is 1. The van der Waals surface area contributed by atoms with E-state index in [4.69, 9.17) is 9.84 Å². The maximum Gasteiger partial charge on any atom is 0.356 e. The van der Waals surface area contributed by atoms with Crippen LogP contribution in [0.25, 0.3) is 0 Å². The van der Waals surface area contributed by atoms with Gasteiger partial charge in [-0.1, -0.05) is 182 Å². The van der Waals surface area contributed by atoms with Crippen LogP contribution in [0.1, 0.15) is 45.0 Å². The molecule has 1 saturated heterocycles. The summed E-state index contributed by atoms with van der Waals surface area (Å²) in [6.07, 6.45) is 4.16. The van der Waals surface area contributed by atoms with Gasteiger partial charge in [-0.15, -0.1) is 23.5 Å². The highest BCUT2D eigenvalue weighted by Crippen LogP contribution is 2.45. The Labute approximate surface area is 370 Å². The number of rotatable bonds is 15. The number of nitrogens with zero attached hydrogens (tertiary/aromatic N) is 3. The molecule has 8 nitrogen and oxygen atoms in total. The van der Waals surface area contributed by atoms with E-state index in [1.165, 1.54) is 4.90 Å². The number of nitrogens with one attached hydrogen (secondary N) is 1. The van der Waals surface area contributed by atoms with Gasteiger partial charge in [0.25, 0.3) is 5.91 Å². The molecule has 0 aliphatic carbocycles. The zero-order valence-corrected chi connectivity index (χ0v) is 35.5. The van der Waals surface area contributed by atoms with Crippen LogP contribution in [-0.4, -0.2) is 55.4 Å². The van der Waals surface area contributed by atoms with E-state index in [2.05, 4.69) is 89.0 Å². The molecule has 3 heterocycles. The highest BCUT2D eigenvalue weighted by Gasteiger charge is 2.55. The fourth-order valence-corrected chi connectivity index (χ4v) is 11.0. The van der Waals surface area contributed by atoms with Gasteiger partial charge in [-0.05, 0) is 45.4 Å². The number of carbonyl (C=O) groups is 3. The van der Waals surface area contributed by atoms with E-state index in [-0.39, 0.29) is 23.9 Å². The van der Waals surface area contributed by atoms with Crippen LogP contribution in [0.5, 0.6) is 0 Å². The number of thioether (sulfide) groups is 2. The number of fused-ring (bicyclic) bond motifs is 1. The Morgan fingerprint density at radius 2 is 1.21 bits per heavy atom. The van der Waals surface area contributed by atoms with E-state index >= 15 is 0 Å². The zero-order chi connectivity index (χ0) is 42.3. The Kier molecular flexibility index (Phi) is 12.2. The molecule has 1 aromatic heterocycles. The average molecular weight is 853 g/mol. The van der Waals surface area contributed by atoms with Gasteiger partial charge in [0.1, 0.15) is 22.7 Å². The van der Waals surface area contributed by atoms with E-state index < -0.39 is 29.0 Å². The van der Waals surface area contributed by atoms with Crippen molar-refractivity contribution in [2.45, 2.75) is 35.9 Å². The lowest BCUT2D eigenvalue weighted by Gasteiger charge is -2.49. The van der Waals surface area contributed by atoms with Crippen molar-refractivity contribution in [1.82, 2.24) is 20.0 Å². The van der Waals surface area contributed by atoms with Crippen molar-refractivity contribution in [1.29, 1.82) is 0 Å². The molecule has 0 spiro atoms. The fraction of sp³-hybridized carbons (Fsp3) is 0.154. The minimum absolute atomic E-state index is 0.156. The first kappa shape index (κ1) is 40.8. The van der Waals surface area contributed by atoms with Crippen molar-refractivity contribution in [3.63, 3.8) is 0 Å². The number of carbonyl (C=O) groups excluding carboxylic acids is 3. The maximum atomic E-state index is 14.6. The van der Waals surface area contributed by atoms with Crippen molar-refractivity contribution in [2.24, 2.45) is 0 Å². The molecule has 10 heteroatoms. The summed E-state index contributed by atoms with van der Waals surface area (Å²) in [7, 11) is 0. The number of hydrogen-bond donors (Lipinski definition) is 1. The maximum absolute atomic E-state index is 14.6. The minimum atomic E-state index is -0.755. The first-order chi connectivity index (χ1) is 30.5. The lowest BCUT2D eigenvalue weighted by molar-refractivity contribution is -0.154. The van der Waals surface area contributed by atoms with E-state index in [0.29, 0.717) is 17.9 Å². The van der Waals surface area contributed by atoms with Crippen LogP contribution in [0.2, 0.25) is 0 Å². The fourth-order valence-electron chi connectivity index (χ4n) is 8.34. The summed E-state index contributed by atoms with van der Waals surface area (Å²) in [5.41, 5.74) is 6.29. The third-order valence-corrected chi connectivity index (χ3v) is 13.9. The Morgan fingerprint density at radius 3 is 1.74 bits per heavy atom. The molecule has 1 fully saturated rings. The van der Waals surface area contributed by atoms with Crippen LogP contribution in [0.4, 0.5) is 0 Å². The smallest absolute Gasteiger partial charge is 0.356 e. The molecular formula is C52H44N4O4S2. The van der Waals surface area contributed by atoms with Crippen molar-refractivity contribution >= 4 is 41.3 Å². The van der Waals surface area contributed by atoms with Gasteiger partial charge in [-0.2, -0.15) is 5.10 Å². The molecule has 0 bridgehead atoms. The third kappa shape index (κ3) is 8.23. The zero-order valence-electron chi connectivity index (χ0n) is 33.8. The second-order valence-electron chi connectivity index (χ2n) is 15.2. The van der Waals surface area contributed by atoms with E-state index in [1.807, 2.05) is 115 Å². The third-order valence-electron chi connectivity index (χ3n) is 11.3. The molecule has 62 heavy (non-hydrogen) atoms. The average Bonchev–Trinajstić information content (AvgIpc) is 3.80. The second kappa shape index (κ2) is 18.6. The van der Waals surface area contributed by atoms with Gasteiger partial charge >= 0.3 is 5.97 Å². The van der Waals surface area contributed by atoms with E-state index in [9.17, 15) is 14.4 Å². The first-order valence-corrected chi connectivity index (χ1v) is 22.7. The van der Waals surface area contributed by atoms with Crippen molar-refractivity contribution in [2.75, 3.05) is 11.5 Å². The van der Waals surface area contributed by atoms with Gasteiger partial charge in [0.15, 0.2) is 6.10 Å². The lowest BCUT2D eigenvalue weighted by Crippen LogP contribution is -2.70. The summed E-state index contributed by atoms with van der Waals surface area (Å²) >= 11 is 3.10. The molecule has 0 saturated carbocycles. The van der Waals surface area contributed by atoms with Gasteiger partial charge in [0, 0.05) is 22.6 Å². The topological polar surface area (TPSA) is 93.5 Å². The predicted octanol–water partition coefficient (Wildman–Crippen LogP) is 9.19. The number of aryl methyl sites for hydroxylation is 1. The van der Waals surface area contributed by atoms with Gasteiger partial charge < -0.3 is 10.1 Å². The molecule has 9 rings (SSSR count). The van der Waals surface area contributed by atoms with Crippen LogP contribution < -0.4 is 5.32 Å². The monoisotopic (exact) mass is 852 g/mol. The van der Waals surface area contributed by atoms with Crippen molar-refractivity contribution in [3.8, 4) is 0 Å². The van der Waals surface area contributed by atoms with Crippen LogP contribution in [0.3, 0.4) is 0 Å². The number of aromatic nitrogens is 2. The number of hydrogen-bond acceptors (Lipinski definition) is 7. The molecular weight excluding hydrogens is 809 g/mol. The number of benzene rings is 6. The first-order valence-electron chi connectivity index (χ1n) is 20.7. The standard InChI is InChI=1S/C52H44N4O4S2/c57-45(33-37-19-7-1-8-20-37)54-46-49(58)56-47(51(59)60-48(39-21-9-2-10-22-39)40-23-11-3-12-24-40)44(36-62-50(46)56)61-32-31-38-34-53-55(35-38)52(41-25-13-4-14-26-41,42-27-15-5-16-28-42)43-29-17-6-18-30-43/h1-30,34-35,46,48,50H,31-33,36H2,(H,54,57)/t46-,50+/m1/s1. The number of ether oxygens (including phenoxy) is 1. The van der Waals surface area contributed by atoms with Crippen LogP contribution in [0.15, 0.2) is 205 Å². The number of amides is 2. The minimum Gasteiger partial charge on any atom is -0.448 e. The molecule has 1 N–H and O–H groups in total. The highest BCUT2D eigenvalue weighted by atomic mass is 32.2. The summed E-state index contributed by atoms with van der Waals surface area (Å²) in [4.78, 5) is 44.1. The molecule has 308 valence electrons. The summed E-state index contributed by atoms with van der Waals surface area (Å²) in [5, 5.41) is 7.56. The lowest BCUT2D eigenvalue weighted by atomic mass is 9.77. The summed E-state index contributed by atoms with van der Waals surface area (Å²) < 4.78 is 8.47. The Bertz CT molecular complexity index is 2530. The van der Waals surface area contributed by atoms with Gasteiger partial charge in [-0.3, -0.25) is 19.2 Å². The normalized spacial score (nSPS) is 16.1. The van der Waals surface area contributed by atoms with Crippen LogP contribution >= 0.6 is 23.5 Å². The molecule has 2 aliphatic heterocycles. The molecule has 2 amide bonds. The van der Waals surface area contributed by atoms with Crippen molar-refractivity contribution in [3.05, 3.63) is 244 Å². The molecule has 2 atom stereocenters. The summed E-state index contributed by atoms with van der Waals surface area (Å²) in [5.74, 6) is -0.0475. The van der Waals surface area contributed by atoms with Gasteiger partial charge in [0.2, 0.25) is 5.91 Å². The molecule has 7 aromatic rings. The Hall–Kier alpha value is -6.62. The molecule has 6 aromatic carbocycles. The van der Waals surface area contributed by atoms with Gasteiger partial charge in [-0.25, -0.2) is 4.79 Å². The quantitative estimate of drug-likeness (QED) is 0.0625. The van der Waals surface area contributed by atoms with Crippen molar-refractivity contribution < 1.29 is 19.1 Å². The SMILES string of the molecule is O=C(Cc1ccccc1)N[C@@H]1C(=O)N2C(C(=O)OC(c3ccccc3)c3ccccc3)=C(SCCc3cnn(C(c4ccccc4)(c4ccccc4)c4ccccc4)c3)CS[C@@H]12. The second-order valence-corrected chi connectivity index (χ2v) is 17.5. The predicted molar refractivity (Wildman–Crippen MR) is 246 cm³/mol. The highest BCUT2D eigenvalue weighted by molar-refractivity contribution is 8.06. The largest absolute Gasteiger partial charge is 0.448 e. The Balaban J connectivity index is 1.00. The van der Waals surface area contributed by atoms with E-state index in [0.717, 1.165) is 43.8 Å². The molecule has 2 aliphatic rings. The Morgan fingerprint density at radius 1 is 0.710 bits per heavy atom. The van der Waals surface area contributed by atoms with Crippen LogP contribution in [0, 0.1) is 0 Å². The van der Waals surface area contributed by atoms with Gasteiger partial charge in [0.05, 0.1) is 12.6 Å². The van der Waals surface area contributed by atoms with E-state index in [1.54, 1.807) is 23.5 Å².